The summed E-state index contributed by atoms with van der Waals surface area (Å²) < 4.78 is 28.1. The minimum Gasteiger partial charge on any atom is -0.315 e. The quantitative estimate of drug-likeness (QED) is 0.888. The van der Waals surface area contributed by atoms with E-state index in [1.165, 1.54) is 11.3 Å². The molecule has 0 bridgehead atoms. The molecule has 0 aliphatic rings. The van der Waals surface area contributed by atoms with Crippen molar-refractivity contribution in [2.75, 3.05) is 11.8 Å². The van der Waals surface area contributed by atoms with Crippen LogP contribution in [0.4, 0.5) is 5.69 Å². The molecule has 6 heteroatoms. The molecule has 0 saturated carbocycles. The van der Waals surface area contributed by atoms with Gasteiger partial charge in [0.1, 0.15) is 4.90 Å². The lowest BCUT2D eigenvalue weighted by Crippen LogP contribution is -2.17. The third-order valence-corrected chi connectivity index (χ3v) is 6.05. The first-order valence-corrected chi connectivity index (χ1v) is 9.03. The second-order valence-corrected chi connectivity index (χ2v) is 7.71. The van der Waals surface area contributed by atoms with E-state index in [1.54, 1.807) is 0 Å². The molecule has 0 radical (unpaired) electrons. The molecule has 0 aliphatic carbocycles. The average molecular weight is 324 g/mol. The van der Waals surface area contributed by atoms with Gasteiger partial charge in [0.2, 0.25) is 0 Å². The number of thiophene rings is 1. The molecule has 21 heavy (non-hydrogen) atoms. The topological polar surface area (TPSA) is 58.2 Å². The summed E-state index contributed by atoms with van der Waals surface area (Å²) >= 11 is 1.46. The Bertz CT molecular complexity index is 749. The van der Waals surface area contributed by atoms with Crippen molar-refractivity contribution in [3.63, 3.8) is 0 Å². The normalized spacial score (nSPS) is 11.6. The molecule has 1 heterocycles. The molecular formula is C15H20N2O2S2. The van der Waals surface area contributed by atoms with E-state index in [-0.39, 0.29) is 0 Å². The molecule has 2 rings (SSSR count). The summed E-state index contributed by atoms with van der Waals surface area (Å²) in [6.07, 6.45) is 0. The molecule has 1 aromatic heterocycles. The van der Waals surface area contributed by atoms with Crippen LogP contribution in [0.15, 0.2) is 28.5 Å². The van der Waals surface area contributed by atoms with Crippen LogP contribution in [0.25, 0.3) is 0 Å². The largest absolute Gasteiger partial charge is 0.315 e. The van der Waals surface area contributed by atoms with Gasteiger partial charge in [0.25, 0.3) is 10.0 Å². The van der Waals surface area contributed by atoms with Crippen LogP contribution in [-0.4, -0.2) is 15.5 Å². The van der Waals surface area contributed by atoms with E-state index in [0.717, 1.165) is 21.6 Å². The number of hydrogen-bond donors (Lipinski definition) is 2. The highest BCUT2D eigenvalue weighted by Gasteiger charge is 2.23. The van der Waals surface area contributed by atoms with Gasteiger partial charge in [-0.3, -0.25) is 4.72 Å². The monoisotopic (exact) mass is 324 g/mol. The van der Waals surface area contributed by atoms with Crippen LogP contribution in [0.2, 0.25) is 0 Å². The van der Waals surface area contributed by atoms with Crippen molar-refractivity contribution in [2.24, 2.45) is 0 Å². The minimum atomic E-state index is -3.57. The van der Waals surface area contributed by atoms with Crippen molar-refractivity contribution in [3.05, 3.63) is 45.1 Å². The molecule has 2 N–H and O–H groups in total. The lowest BCUT2D eigenvalue weighted by Gasteiger charge is -2.12. The van der Waals surface area contributed by atoms with Gasteiger partial charge in [-0.05, 0) is 50.4 Å². The third kappa shape index (κ3) is 3.45. The smallest absolute Gasteiger partial charge is 0.263 e. The third-order valence-electron chi connectivity index (χ3n) is 3.22. The van der Waals surface area contributed by atoms with E-state index in [2.05, 4.69) is 10.0 Å². The Balaban J connectivity index is 2.41. The maximum Gasteiger partial charge on any atom is 0.263 e. The van der Waals surface area contributed by atoms with Gasteiger partial charge in [-0.25, -0.2) is 8.42 Å². The van der Waals surface area contributed by atoms with Crippen LogP contribution in [0.1, 0.15) is 21.6 Å². The summed E-state index contributed by atoms with van der Waals surface area (Å²) in [6, 6.07) is 5.67. The lowest BCUT2D eigenvalue weighted by molar-refractivity contribution is 0.599. The molecular weight excluding hydrogens is 304 g/mol. The SMILES string of the molecule is CNCc1scc(C)c1S(=O)(=O)Nc1ccc(C)cc1C. The molecule has 0 aliphatic heterocycles. The van der Waals surface area contributed by atoms with Gasteiger partial charge in [-0.15, -0.1) is 11.3 Å². The zero-order chi connectivity index (χ0) is 15.6. The summed E-state index contributed by atoms with van der Waals surface area (Å²) in [4.78, 5) is 1.22. The molecule has 0 saturated heterocycles. The van der Waals surface area contributed by atoms with Crippen molar-refractivity contribution in [1.29, 1.82) is 0 Å². The highest BCUT2D eigenvalue weighted by molar-refractivity contribution is 7.93. The average Bonchev–Trinajstić information content (AvgIpc) is 2.75. The molecule has 4 nitrogen and oxygen atoms in total. The highest BCUT2D eigenvalue weighted by Crippen LogP contribution is 2.29. The van der Waals surface area contributed by atoms with Gasteiger partial charge in [-0.1, -0.05) is 17.7 Å². The second kappa shape index (κ2) is 6.17. The molecule has 0 fully saturated rings. The zero-order valence-electron chi connectivity index (χ0n) is 12.6. The molecule has 1 aromatic carbocycles. The van der Waals surface area contributed by atoms with Crippen LogP contribution in [0, 0.1) is 20.8 Å². The van der Waals surface area contributed by atoms with E-state index < -0.39 is 10.0 Å². The second-order valence-electron chi connectivity index (χ2n) is 5.13. The highest BCUT2D eigenvalue weighted by atomic mass is 32.2. The van der Waals surface area contributed by atoms with E-state index in [9.17, 15) is 8.42 Å². The van der Waals surface area contributed by atoms with E-state index in [0.29, 0.717) is 17.1 Å². The zero-order valence-corrected chi connectivity index (χ0v) is 14.3. The van der Waals surface area contributed by atoms with E-state index in [4.69, 9.17) is 0 Å². The number of sulfonamides is 1. The van der Waals surface area contributed by atoms with Gasteiger partial charge in [-0.2, -0.15) is 0 Å². The Kier molecular flexibility index (Phi) is 4.70. The Morgan fingerprint density at radius 1 is 1.14 bits per heavy atom. The molecule has 0 atom stereocenters. The number of rotatable bonds is 5. The van der Waals surface area contributed by atoms with Crippen LogP contribution in [0.5, 0.6) is 0 Å². The van der Waals surface area contributed by atoms with Crippen molar-refractivity contribution in [1.82, 2.24) is 5.32 Å². The standard InChI is InChI=1S/C15H20N2O2S2/c1-10-5-6-13(11(2)7-10)17-21(18,19)15-12(3)9-20-14(15)8-16-4/h5-7,9,16-17H,8H2,1-4H3. The van der Waals surface area contributed by atoms with Crippen molar-refractivity contribution in [2.45, 2.75) is 32.2 Å². The van der Waals surface area contributed by atoms with Crippen molar-refractivity contribution >= 4 is 27.0 Å². The summed E-state index contributed by atoms with van der Waals surface area (Å²) in [6.45, 7) is 6.26. The maximum absolute atomic E-state index is 12.7. The van der Waals surface area contributed by atoms with Crippen LogP contribution in [0.3, 0.4) is 0 Å². The number of aryl methyl sites for hydroxylation is 3. The first-order valence-electron chi connectivity index (χ1n) is 6.67. The lowest BCUT2D eigenvalue weighted by atomic mass is 10.1. The molecule has 0 amide bonds. The fraction of sp³-hybridized carbons (Fsp3) is 0.333. The number of hydrogen-bond acceptors (Lipinski definition) is 4. The number of anilines is 1. The fourth-order valence-corrected chi connectivity index (χ4v) is 5.21. The predicted molar refractivity (Wildman–Crippen MR) is 88.5 cm³/mol. The Morgan fingerprint density at radius 3 is 2.48 bits per heavy atom. The predicted octanol–water partition coefficient (Wildman–Crippen LogP) is 3.19. The van der Waals surface area contributed by atoms with Gasteiger partial charge >= 0.3 is 0 Å². The minimum absolute atomic E-state index is 0.391. The Hall–Kier alpha value is -1.37. The molecule has 2 aromatic rings. The fourth-order valence-electron chi connectivity index (χ4n) is 2.25. The van der Waals surface area contributed by atoms with Crippen molar-refractivity contribution < 1.29 is 8.42 Å². The number of nitrogens with one attached hydrogen (secondary N) is 2. The van der Waals surface area contributed by atoms with Gasteiger partial charge < -0.3 is 5.32 Å². The molecule has 0 unspecified atom stereocenters. The summed E-state index contributed by atoms with van der Waals surface area (Å²) in [5.41, 5.74) is 3.43. The molecule has 0 spiro atoms. The van der Waals surface area contributed by atoms with Crippen molar-refractivity contribution in [3.8, 4) is 0 Å². The number of benzene rings is 1. The van der Waals surface area contributed by atoms with Gasteiger partial charge in [0, 0.05) is 11.4 Å². The summed E-state index contributed by atoms with van der Waals surface area (Å²) in [5, 5.41) is 4.89. The van der Waals surface area contributed by atoms with E-state index in [1.807, 2.05) is 51.4 Å². The summed E-state index contributed by atoms with van der Waals surface area (Å²) in [7, 11) is -1.76. The first-order chi connectivity index (χ1) is 9.85. The van der Waals surface area contributed by atoms with E-state index >= 15 is 0 Å². The van der Waals surface area contributed by atoms with Gasteiger partial charge in [0.15, 0.2) is 0 Å². The van der Waals surface area contributed by atoms with Gasteiger partial charge in [0.05, 0.1) is 5.69 Å². The summed E-state index contributed by atoms with van der Waals surface area (Å²) in [5.74, 6) is 0. The Labute approximate surface area is 130 Å². The maximum atomic E-state index is 12.7. The van der Waals surface area contributed by atoms with Crippen LogP contribution < -0.4 is 10.0 Å². The molecule has 114 valence electrons. The van der Waals surface area contributed by atoms with Crippen LogP contribution >= 0.6 is 11.3 Å². The Morgan fingerprint density at radius 2 is 1.86 bits per heavy atom. The van der Waals surface area contributed by atoms with Crippen LogP contribution in [-0.2, 0) is 16.6 Å². The first kappa shape index (κ1) is 16.0.